The molecule has 0 heterocycles. The summed E-state index contributed by atoms with van der Waals surface area (Å²) >= 11 is 6.24. The number of anilines is 1. The minimum absolute atomic E-state index is 0.0116. The number of nitrogens with two attached hydrogens (primary N) is 1. The van der Waals surface area contributed by atoms with Gasteiger partial charge in [-0.2, -0.15) is 0 Å². The van der Waals surface area contributed by atoms with Crippen molar-refractivity contribution >= 4 is 23.1 Å². The molecule has 1 aromatic rings. The molecule has 0 aliphatic heterocycles. The van der Waals surface area contributed by atoms with E-state index in [0.717, 1.165) is 25.1 Å². The van der Waals surface area contributed by atoms with Gasteiger partial charge in [0.15, 0.2) is 5.84 Å². The molecule has 5 nitrogen and oxygen atoms in total. The SMILES string of the molecule is CCC(CC)N(CCOC)c1ccc(C(N)=NO)c(Cl)c1. The predicted octanol–water partition coefficient (Wildman–Crippen LogP) is 3.08. The zero-order chi connectivity index (χ0) is 15.8. The summed E-state index contributed by atoms with van der Waals surface area (Å²) in [5, 5.41) is 12.2. The third-order valence-electron chi connectivity index (χ3n) is 3.59. The average molecular weight is 314 g/mol. The van der Waals surface area contributed by atoms with Crippen LogP contribution >= 0.6 is 11.6 Å². The van der Waals surface area contributed by atoms with Crippen molar-refractivity contribution in [1.82, 2.24) is 0 Å². The lowest BCUT2D eigenvalue weighted by Crippen LogP contribution is -2.37. The Morgan fingerprint density at radius 3 is 2.57 bits per heavy atom. The Bertz CT molecular complexity index is 476. The molecular weight excluding hydrogens is 290 g/mol. The summed E-state index contributed by atoms with van der Waals surface area (Å²) in [6, 6.07) is 5.98. The summed E-state index contributed by atoms with van der Waals surface area (Å²) in [5.74, 6) is 0.0116. The van der Waals surface area contributed by atoms with Crippen molar-refractivity contribution < 1.29 is 9.94 Å². The number of hydrogen-bond donors (Lipinski definition) is 2. The Morgan fingerprint density at radius 2 is 2.10 bits per heavy atom. The lowest BCUT2D eigenvalue weighted by atomic mass is 10.1. The van der Waals surface area contributed by atoms with Gasteiger partial charge in [-0.25, -0.2) is 0 Å². The second kappa shape index (κ2) is 8.74. The van der Waals surface area contributed by atoms with Crippen molar-refractivity contribution in [3.63, 3.8) is 0 Å². The summed E-state index contributed by atoms with van der Waals surface area (Å²) in [5.41, 5.74) is 7.14. The molecule has 0 aliphatic rings. The van der Waals surface area contributed by atoms with Crippen LogP contribution in [0.4, 0.5) is 5.69 Å². The van der Waals surface area contributed by atoms with Crippen LogP contribution < -0.4 is 10.6 Å². The van der Waals surface area contributed by atoms with Gasteiger partial charge in [0, 0.05) is 30.9 Å². The van der Waals surface area contributed by atoms with Gasteiger partial charge in [-0.3, -0.25) is 0 Å². The molecule has 0 fully saturated rings. The first-order chi connectivity index (χ1) is 10.1. The summed E-state index contributed by atoms with van der Waals surface area (Å²) < 4.78 is 5.20. The molecule has 0 spiro atoms. The van der Waals surface area contributed by atoms with E-state index in [9.17, 15) is 0 Å². The Hall–Kier alpha value is -1.46. The molecular formula is C15H24ClN3O2. The molecule has 0 bridgehead atoms. The molecule has 0 unspecified atom stereocenters. The van der Waals surface area contributed by atoms with E-state index in [4.69, 9.17) is 27.3 Å². The quantitative estimate of drug-likeness (QED) is 0.335. The van der Waals surface area contributed by atoms with Crippen molar-refractivity contribution in [3.05, 3.63) is 28.8 Å². The fraction of sp³-hybridized carbons (Fsp3) is 0.533. The largest absolute Gasteiger partial charge is 0.409 e. The number of benzene rings is 1. The molecule has 0 atom stereocenters. The second-order valence-electron chi connectivity index (χ2n) is 4.81. The van der Waals surface area contributed by atoms with Gasteiger partial charge in [0.25, 0.3) is 0 Å². The lowest BCUT2D eigenvalue weighted by molar-refractivity contribution is 0.202. The van der Waals surface area contributed by atoms with Gasteiger partial charge in [-0.15, -0.1) is 0 Å². The average Bonchev–Trinajstić information content (AvgIpc) is 2.50. The molecule has 1 rings (SSSR count). The molecule has 21 heavy (non-hydrogen) atoms. The standard InChI is InChI=1S/C15H24ClN3O2/c1-4-11(5-2)19(8-9-21-3)12-6-7-13(14(16)10-12)15(17)18-20/h6-7,10-11,20H,4-5,8-9H2,1-3H3,(H2,17,18). The molecule has 1 aromatic carbocycles. The van der Waals surface area contributed by atoms with Crippen molar-refractivity contribution in [1.29, 1.82) is 0 Å². The van der Waals surface area contributed by atoms with Crippen molar-refractivity contribution in [2.75, 3.05) is 25.2 Å². The Kier molecular flexibility index (Phi) is 7.32. The zero-order valence-electron chi connectivity index (χ0n) is 12.8. The van der Waals surface area contributed by atoms with E-state index in [1.54, 1.807) is 13.2 Å². The third kappa shape index (κ3) is 4.51. The predicted molar refractivity (Wildman–Crippen MR) is 87.6 cm³/mol. The van der Waals surface area contributed by atoms with Gasteiger partial charge in [0.2, 0.25) is 0 Å². The molecule has 3 N–H and O–H groups in total. The highest BCUT2D eigenvalue weighted by Crippen LogP contribution is 2.26. The minimum Gasteiger partial charge on any atom is -0.409 e. The fourth-order valence-electron chi connectivity index (χ4n) is 2.39. The monoisotopic (exact) mass is 313 g/mol. The van der Waals surface area contributed by atoms with Gasteiger partial charge < -0.3 is 20.6 Å². The van der Waals surface area contributed by atoms with Gasteiger partial charge in [-0.05, 0) is 31.0 Å². The van der Waals surface area contributed by atoms with E-state index >= 15 is 0 Å². The molecule has 0 saturated carbocycles. The Morgan fingerprint density at radius 1 is 1.43 bits per heavy atom. The first-order valence-corrected chi connectivity index (χ1v) is 7.49. The Balaban J connectivity index is 3.10. The molecule has 118 valence electrons. The number of nitrogens with zero attached hydrogens (tertiary/aromatic N) is 2. The maximum atomic E-state index is 8.75. The van der Waals surface area contributed by atoms with Crippen molar-refractivity contribution in [2.24, 2.45) is 10.9 Å². The minimum atomic E-state index is 0.0116. The van der Waals surface area contributed by atoms with Crippen molar-refractivity contribution in [2.45, 2.75) is 32.7 Å². The van der Waals surface area contributed by atoms with Gasteiger partial charge in [-0.1, -0.05) is 30.6 Å². The summed E-state index contributed by atoms with van der Waals surface area (Å²) in [6.45, 7) is 5.78. The van der Waals surface area contributed by atoms with E-state index in [1.807, 2.05) is 12.1 Å². The number of amidine groups is 1. The van der Waals surface area contributed by atoms with E-state index in [0.29, 0.717) is 23.2 Å². The van der Waals surface area contributed by atoms with Crippen LogP contribution in [0.2, 0.25) is 5.02 Å². The van der Waals surface area contributed by atoms with E-state index < -0.39 is 0 Å². The van der Waals surface area contributed by atoms with E-state index in [-0.39, 0.29) is 5.84 Å². The Labute approximate surface area is 131 Å². The second-order valence-corrected chi connectivity index (χ2v) is 5.21. The first-order valence-electron chi connectivity index (χ1n) is 7.11. The highest BCUT2D eigenvalue weighted by molar-refractivity contribution is 6.34. The fourth-order valence-corrected chi connectivity index (χ4v) is 2.66. The summed E-state index contributed by atoms with van der Waals surface area (Å²) in [7, 11) is 1.69. The zero-order valence-corrected chi connectivity index (χ0v) is 13.6. The van der Waals surface area contributed by atoms with Gasteiger partial charge in [0.1, 0.15) is 0 Å². The van der Waals surface area contributed by atoms with Gasteiger partial charge in [0.05, 0.1) is 11.6 Å². The highest BCUT2D eigenvalue weighted by Gasteiger charge is 2.17. The van der Waals surface area contributed by atoms with Crippen LogP contribution in [0.25, 0.3) is 0 Å². The van der Waals surface area contributed by atoms with Crippen LogP contribution in [0, 0.1) is 0 Å². The number of ether oxygens (including phenoxy) is 1. The molecule has 0 amide bonds. The first kappa shape index (κ1) is 17.6. The maximum Gasteiger partial charge on any atom is 0.171 e. The smallest absolute Gasteiger partial charge is 0.171 e. The normalized spacial score (nSPS) is 12.0. The van der Waals surface area contributed by atoms with Crippen LogP contribution in [0.3, 0.4) is 0 Å². The molecule has 0 saturated heterocycles. The molecule has 6 heteroatoms. The maximum absolute atomic E-state index is 8.75. The van der Waals surface area contributed by atoms with E-state index in [1.165, 1.54) is 0 Å². The van der Waals surface area contributed by atoms with Crippen molar-refractivity contribution in [3.8, 4) is 0 Å². The lowest BCUT2D eigenvalue weighted by Gasteiger charge is -2.32. The number of hydrogen-bond acceptors (Lipinski definition) is 4. The number of oxime groups is 1. The van der Waals surface area contributed by atoms with Crippen LogP contribution in [0.15, 0.2) is 23.4 Å². The summed E-state index contributed by atoms with van der Waals surface area (Å²) in [4.78, 5) is 2.28. The number of halogens is 1. The third-order valence-corrected chi connectivity index (χ3v) is 3.90. The van der Waals surface area contributed by atoms with Crippen LogP contribution in [0.5, 0.6) is 0 Å². The van der Waals surface area contributed by atoms with Crippen LogP contribution in [0.1, 0.15) is 32.3 Å². The molecule has 0 radical (unpaired) electrons. The van der Waals surface area contributed by atoms with E-state index in [2.05, 4.69) is 23.9 Å². The highest BCUT2D eigenvalue weighted by atomic mass is 35.5. The molecule has 0 aliphatic carbocycles. The van der Waals surface area contributed by atoms with Gasteiger partial charge >= 0.3 is 0 Å². The molecule has 0 aromatic heterocycles. The van der Waals surface area contributed by atoms with Crippen LogP contribution in [-0.4, -0.2) is 37.3 Å². The topological polar surface area (TPSA) is 71.1 Å². The number of methoxy groups -OCH3 is 1. The number of rotatable bonds is 8. The summed E-state index contributed by atoms with van der Waals surface area (Å²) in [6.07, 6.45) is 2.08. The van der Waals surface area contributed by atoms with Crippen LogP contribution in [-0.2, 0) is 4.74 Å².